The smallest absolute Gasteiger partial charge is 0.259 e. The molecular weight excluding hydrogens is 304 g/mol. The predicted octanol–water partition coefficient (Wildman–Crippen LogP) is 2.98. The van der Waals surface area contributed by atoms with Crippen LogP contribution in [0.15, 0.2) is 60.7 Å². The zero-order valence-corrected chi connectivity index (χ0v) is 12.5. The highest BCUT2D eigenvalue weighted by molar-refractivity contribution is 6.22. The van der Waals surface area contributed by atoms with E-state index in [2.05, 4.69) is 10.6 Å². The average molecular weight is 316 g/mol. The van der Waals surface area contributed by atoms with Crippen LogP contribution in [0.2, 0.25) is 0 Å². The van der Waals surface area contributed by atoms with Gasteiger partial charge in [-0.1, -0.05) is 30.3 Å². The van der Waals surface area contributed by atoms with Crippen LogP contribution in [-0.4, -0.2) is 17.7 Å². The molecule has 0 unspecified atom stereocenters. The van der Waals surface area contributed by atoms with E-state index in [-0.39, 0.29) is 11.5 Å². The van der Waals surface area contributed by atoms with Crippen LogP contribution in [-0.2, 0) is 0 Å². The number of carbonyl (C=O) groups excluding carboxylic acids is 3. The van der Waals surface area contributed by atoms with Gasteiger partial charge in [0.05, 0.1) is 11.1 Å². The molecule has 116 valence electrons. The van der Waals surface area contributed by atoms with Crippen LogP contribution in [0.25, 0.3) is 10.8 Å². The van der Waals surface area contributed by atoms with Crippen molar-refractivity contribution < 1.29 is 14.4 Å². The maximum Gasteiger partial charge on any atom is 0.259 e. The van der Waals surface area contributed by atoms with Crippen LogP contribution in [0, 0.1) is 0 Å². The highest BCUT2D eigenvalue weighted by Gasteiger charge is 2.26. The molecule has 3 amide bonds. The number of benzene rings is 3. The summed E-state index contributed by atoms with van der Waals surface area (Å²) in [6.07, 6.45) is 0. The Morgan fingerprint density at radius 2 is 1.54 bits per heavy atom. The Bertz CT molecular complexity index is 1020. The van der Waals surface area contributed by atoms with E-state index in [1.807, 2.05) is 36.4 Å². The van der Waals surface area contributed by atoms with Crippen molar-refractivity contribution in [2.24, 2.45) is 0 Å². The van der Waals surface area contributed by atoms with Crippen molar-refractivity contribution in [2.75, 3.05) is 5.32 Å². The Balaban J connectivity index is 1.63. The SMILES string of the molecule is O=C(Nc1ccc2c(c1)C(=O)NC2=O)c1ccc2ccccc2c1. The van der Waals surface area contributed by atoms with E-state index in [9.17, 15) is 14.4 Å². The Morgan fingerprint density at radius 3 is 2.38 bits per heavy atom. The molecule has 0 saturated carbocycles. The monoisotopic (exact) mass is 316 g/mol. The molecule has 0 atom stereocenters. The molecular formula is C19H12N2O3. The standard InChI is InChI=1S/C19H12N2O3/c22-17(13-6-5-11-3-1-2-4-12(11)9-13)20-14-7-8-15-16(10-14)19(24)21-18(15)23/h1-10H,(H,20,22)(H,21,23,24). The van der Waals surface area contributed by atoms with Gasteiger partial charge in [0.25, 0.3) is 17.7 Å². The third kappa shape index (κ3) is 2.32. The summed E-state index contributed by atoms with van der Waals surface area (Å²) in [4.78, 5) is 35.6. The predicted molar refractivity (Wildman–Crippen MR) is 90.1 cm³/mol. The number of hydrogen-bond donors (Lipinski definition) is 2. The minimum atomic E-state index is -0.447. The molecule has 1 heterocycles. The number of imide groups is 1. The number of amides is 3. The van der Waals surface area contributed by atoms with Crippen molar-refractivity contribution in [3.05, 3.63) is 77.4 Å². The molecule has 1 aliphatic rings. The average Bonchev–Trinajstić information content (AvgIpc) is 2.88. The molecule has 5 nitrogen and oxygen atoms in total. The second kappa shape index (κ2) is 5.31. The molecule has 0 spiro atoms. The van der Waals surface area contributed by atoms with Gasteiger partial charge in [-0.2, -0.15) is 0 Å². The van der Waals surface area contributed by atoms with Crippen molar-refractivity contribution >= 4 is 34.2 Å². The molecule has 4 rings (SSSR count). The molecule has 0 saturated heterocycles. The third-order valence-corrected chi connectivity index (χ3v) is 4.01. The van der Waals surface area contributed by atoms with E-state index in [0.717, 1.165) is 10.8 Å². The summed E-state index contributed by atoms with van der Waals surface area (Å²) in [5, 5.41) is 7.01. The minimum Gasteiger partial charge on any atom is -0.322 e. The normalized spacial score (nSPS) is 12.8. The summed E-state index contributed by atoms with van der Waals surface area (Å²) in [6, 6.07) is 17.9. The first-order chi connectivity index (χ1) is 11.6. The molecule has 0 radical (unpaired) electrons. The summed E-state index contributed by atoms with van der Waals surface area (Å²) < 4.78 is 0. The summed E-state index contributed by atoms with van der Waals surface area (Å²) in [6.45, 7) is 0. The molecule has 3 aromatic carbocycles. The lowest BCUT2D eigenvalue weighted by molar-refractivity contribution is 0.0878. The first-order valence-electron chi connectivity index (χ1n) is 7.42. The number of anilines is 1. The van der Waals surface area contributed by atoms with Crippen molar-refractivity contribution in [1.82, 2.24) is 5.32 Å². The van der Waals surface area contributed by atoms with E-state index in [1.54, 1.807) is 12.1 Å². The van der Waals surface area contributed by atoms with Gasteiger partial charge in [-0.05, 0) is 41.1 Å². The van der Waals surface area contributed by atoms with Crippen LogP contribution in [0.1, 0.15) is 31.1 Å². The Hall–Kier alpha value is -3.47. The van der Waals surface area contributed by atoms with Gasteiger partial charge in [0.2, 0.25) is 0 Å². The van der Waals surface area contributed by atoms with Crippen molar-refractivity contribution in [1.29, 1.82) is 0 Å². The second-order valence-electron chi connectivity index (χ2n) is 5.56. The molecule has 1 aliphatic heterocycles. The van der Waals surface area contributed by atoms with Gasteiger partial charge in [0, 0.05) is 11.3 Å². The fourth-order valence-corrected chi connectivity index (χ4v) is 2.78. The first kappa shape index (κ1) is 14.1. The van der Waals surface area contributed by atoms with E-state index < -0.39 is 11.8 Å². The van der Waals surface area contributed by atoms with Crippen LogP contribution < -0.4 is 10.6 Å². The molecule has 0 fully saturated rings. The van der Waals surface area contributed by atoms with Crippen LogP contribution in [0.3, 0.4) is 0 Å². The number of carbonyl (C=O) groups is 3. The Kier molecular flexibility index (Phi) is 3.13. The van der Waals surface area contributed by atoms with Gasteiger partial charge in [0.15, 0.2) is 0 Å². The van der Waals surface area contributed by atoms with E-state index in [1.165, 1.54) is 12.1 Å². The molecule has 0 aromatic heterocycles. The summed E-state index contributed by atoms with van der Waals surface area (Å²) in [5.41, 5.74) is 1.59. The van der Waals surface area contributed by atoms with Crippen LogP contribution >= 0.6 is 0 Å². The van der Waals surface area contributed by atoms with E-state index in [4.69, 9.17) is 0 Å². The highest BCUT2D eigenvalue weighted by atomic mass is 16.2. The van der Waals surface area contributed by atoms with Crippen LogP contribution in [0.5, 0.6) is 0 Å². The first-order valence-corrected chi connectivity index (χ1v) is 7.42. The highest BCUT2D eigenvalue weighted by Crippen LogP contribution is 2.21. The minimum absolute atomic E-state index is 0.273. The summed E-state index contributed by atoms with van der Waals surface area (Å²) in [5.74, 6) is -1.13. The van der Waals surface area contributed by atoms with Crippen molar-refractivity contribution in [2.45, 2.75) is 0 Å². The molecule has 2 N–H and O–H groups in total. The number of hydrogen-bond acceptors (Lipinski definition) is 3. The Labute approximate surface area is 137 Å². The summed E-state index contributed by atoms with van der Waals surface area (Å²) >= 11 is 0. The molecule has 0 aliphatic carbocycles. The largest absolute Gasteiger partial charge is 0.322 e. The Morgan fingerprint density at radius 1 is 0.792 bits per heavy atom. The topological polar surface area (TPSA) is 75.3 Å². The van der Waals surface area contributed by atoms with Gasteiger partial charge in [-0.3, -0.25) is 19.7 Å². The van der Waals surface area contributed by atoms with Crippen molar-refractivity contribution in [3.63, 3.8) is 0 Å². The van der Waals surface area contributed by atoms with Gasteiger partial charge < -0.3 is 5.32 Å². The molecule has 24 heavy (non-hydrogen) atoms. The van der Waals surface area contributed by atoms with Gasteiger partial charge >= 0.3 is 0 Å². The van der Waals surface area contributed by atoms with E-state index in [0.29, 0.717) is 16.8 Å². The molecule has 5 heteroatoms. The number of rotatable bonds is 2. The third-order valence-electron chi connectivity index (χ3n) is 4.01. The molecule has 3 aromatic rings. The zero-order chi connectivity index (χ0) is 16.7. The fourth-order valence-electron chi connectivity index (χ4n) is 2.78. The summed E-state index contributed by atoms with van der Waals surface area (Å²) in [7, 11) is 0. The van der Waals surface area contributed by atoms with Gasteiger partial charge in [-0.15, -0.1) is 0 Å². The zero-order valence-electron chi connectivity index (χ0n) is 12.5. The second-order valence-corrected chi connectivity index (χ2v) is 5.56. The lowest BCUT2D eigenvalue weighted by Crippen LogP contribution is -2.19. The quantitative estimate of drug-likeness (QED) is 0.714. The van der Waals surface area contributed by atoms with Gasteiger partial charge in [-0.25, -0.2) is 0 Å². The lowest BCUT2D eigenvalue weighted by atomic mass is 10.1. The maximum atomic E-state index is 12.4. The molecule has 0 bridgehead atoms. The number of nitrogens with one attached hydrogen (secondary N) is 2. The van der Waals surface area contributed by atoms with E-state index >= 15 is 0 Å². The van der Waals surface area contributed by atoms with Crippen molar-refractivity contribution in [3.8, 4) is 0 Å². The maximum absolute atomic E-state index is 12.4. The fraction of sp³-hybridized carbons (Fsp3) is 0. The van der Waals surface area contributed by atoms with Crippen LogP contribution in [0.4, 0.5) is 5.69 Å². The van der Waals surface area contributed by atoms with Gasteiger partial charge in [0.1, 0.15) is 0 Å². The number of fused-ring (bicyclic) bond motifs is 2. The lowest BCUT2D eigenvalue weighted by Gasteiger charge is -2.07.